The molecule has 7 nitrogen and oxygen atoms in total. The molecule has 1 aromatic heterocycles. The normalized spacial score (nSPS) is 25.0. The fraction of sp³-hybridized carbons (Fsp3) is 0.500. The van der Waals surface area contributed by atoms with Crippen LogP contribution in [0.15, 0.2) is 16.9 Å². The lowest BCUT2D eigenvalue weighted by atomic mass is 9.97. The number of anilines is 1. The van der Waals surface area contributed by atoms with Crippen molar-refractivity contribution in [2.45, 2.75) is 37.8 Å². The molecule has 28 heavy (non-hydrogen) atoms. The quantitative estimate of drug-likeness (QED) is 0.837. The second kappa shape index (κ2) is 5.70. The van der Waals surface area contributed by atoms with E-state index < -0.39 is 17.3 Å². The first kappa shape index (κ1) is 17.5. The van der Waals surface area contributed by atoms with Crippen molar-refractivity contribution in [3.8, 4) is 5.75 Å². The molecular weight excluding hydrogens is 365 g/mol. The summed E-state index contributed by atoms with van der Waals surface area (Å²) in [4.78, 5) is 26.2. The molecule has 2 atom stereocenters. The summed E-state index contributed by atoms with van der Waals surface area (Å²) in [5, 5.41) is 9.72. The Morgan fingerprint density at radius 2 is 2.14 bits per heavy atom. The van der Waals surface area contributed by atoms with Crippen molar-refractivity contribution in [3.05, 3.63) is 33.9 Å². The van der Waals surface area contributed by atoms with Crippen molar-refractivity contribution < 1.29 is 19.0 Å². The van der Waals surface area contributed by atoms with Gasteiger partial charge < -0.3 is 20.5 Å². The third-order valence-electron chi connectivity index (χ3n) is 6.49. The SMILES string of the molecule is C[C@@H]1COc2c(N3CC[C@@H](C4(N)CC4)C3)c(F)cc3cc(C(=O)O)c(=O)n1c23. The van der Waals surface area contributed by atoms with Crippen LogP contribution in [0.25, 0.3) is 10.9 Å². The number of ether oxygens (including phenoxy) is 1. The van der Waals surface area contributed by atoms with Crippen LogP contribution in [0.4, 0.5) is 10.1 Å². The smallest absolute Gasteiger partial charge is 0.341 e. The van der Waals surface area contributed by atoms with E-state index in [2.05, 4.69) is 0 Å². The molecule has 1 aromatic carbocycles. The zero-order valence-electron chi connectivity index (χ0n) is 15.6. The highest BCUT2D eigenvalue weighted by atomic mass is 19.1. The lowest BCUT2D eigenvalue weighted by molar-refractivity contribution is 0.0694. The molecule has 2 fully saturated rings. The van der Waals surface area contributed by atoms with E-state index in [1.165, 1.54) is 16.7 Å². The van der Waals surface area contributed by atoms with Gasteiger partial charge in [0, 0.05) is 24.0 Å². The zero-order valence-corrected chi connectivity index (χ0v) is 15.6. The molecule has 2 aromatic rings. The van der Waals surface area contributed by atoms with Gasteiger partial charge in [0.25, 0.3) is 5.56 Å². The van der Waals surface area contributed by atoms with E-state index in [4.69, 9.17) is 10.5 Å². The van der Waals surface area contributed by atoms with E-state index in [1.54, 1.807) is 6.92 Å². The standard InChI is InChI=1S/C20H22FN3O4/c1-10-9-28-17-15-11(6-13(19(26)27)18(25)24(10)15)7-14(21)16(17)23-5-2-12(8-23)20(22)3-4-20/h6-7,10,12H,2-5,8-9,22H2,1H3,(H,26,27)/t10-,12-/m1/s1. The van der Waals surface area contributed by atoms with Gasteiger partial charge >= 0.3 is 5.97 Å². The fourth-order valence-electron chi connectivity index (χ4n) is 4.70. The van der Waals surface area contributed by atoms with Crippen LogP contribution in [-0.4, -0.2) is 40.9 Å². The molecule has 3 heterocycles. The number of halogens is 1. The van der Waals surface area contributed by atoms with Crippen molar-refractivity contribution in [2.75, 3.05) is 24.6 Å². The monoisotopic (exact) mass is 387 g/mol. The number of aromatic carboxylic acids is 1. The maximum Gasteiger partial charge on any atom is 0.341 e. The van der Waals surface area contributed by atoms with Crippen LogP contribution in [0.3, 0.4) is 0 Å². The summed E-state index contributed by atoms with van der Waals surface area (Å²) in [5.74, 6) is -1.15. The van der Waals surface area contributed by atoms with Gasteiger partial charge in [0.15, 0.2) is 11.6 Å². The molecule has 0 amide bonds. The first-order valence-electron chi connectivity index (χ1n) is 9.62. The maximum atomic E-state index is 15.2. The molecule has 0 unspecified atom stereocenters. The summed E-state index contributed by atoms with van der Waals surface area (Å²) in [5.41, 5.74) is 6.08. The van der Waals surface area contributed by atoms with E-state index in [9.17, 15) is 14.7 Å². The van der Waals surface area contributed by atoms with Gasteiger partial charge in [-0.3, -0.25) is 9.36 Å². The number of benzene rings is 1. The number of aromatic nitrogens is 1. The predicted molar refractivity (Wildman–Crippen MR) is 102 cm³/mol. The molecule has 1 aliphatic carbocycles. The van der Waals surface area contributed by atoms with E-state index in [1.807, 2.05) is 4.90 Å². The molecule has 8 heteroatoms. The third kappa shape index (κ3) is 2.37. The van der Waals surface area contributed by atoms with Crippen molar-refractivity contribution >= 4 is 22.6 Å². The zero-order chi connectivity index (χ0) is 19.8. The Morgan fingerprint density at radius 1 is 1.39 bits per heavy atom. The van der Waals surface area contributed by atoms with E-state index >= 15 is 4.39 Å². The molecule has 148 valence electrons. The first-order chi connectivity index (χ1) is 13.3. The third-order valence-corrected chi connectivity index (χ3v) is 6.49. The van der Waals surface area contributed by atoms with Crippen LogP contribution < -0.4 is 20.9 Å². The van der Waals surface area contributed by atoms with Gasteiger partial charge in [0.05, 0.1) is 11.6 Å². The van der Waals surface area contributed by atoms with Gasteiger partial charge in [-0.1, -0.05) is 0 Å². The maximum absolute atomic E-state index is 15.2. The van der Waals surface area contributed by atoms with E-state index in [0.717, 1.165) is 19.3 Å². The number of carbonyl (C=O) groups is 1. The van der Waals surface area contributed by atoms with Crippen LogP contribution >= 0.6 is 0 Å². The summed E-state index contributed by atoms with van der Waals surface area (Å²) in [6.07, 6.45) is 2.91. The van der Waals surface area contributed by atoms with Crippen LogP contribution in [0.5, 0.6) is 5.75 Å². The number of carboxylic acid groups (broad SMARTS) is 1. The van der Waals surface area contributed by atoms with Crippen LogP contribution in [0, 0.1) is 11.7 Å². The minimum atomic E-state index is -1.32. The Bertz CT molecular complexity index is 1080. The average Bonchev–Trinajstić information content (AvgIpc) is 3.20. The van der Waals surface area contributed by atoms with Gasteiger partial charge in [0.2, 0.25) is 0 Å². The van der Waals surface area contributed by atoms with Crippen molar-refractivity contribution in [2.24, 2.45) is 11.7 Å². The Morgan fingerprint density at radius 3 is 2.82 bits per heavy atom. The van der Waals surface area contributed by atoms with Gasteiger partial charge in [-0.05, 0) is 44.2 Å². The van der Waals surface area contributed by atoms with Crippen molar-refractivity contribution in [1.29, 1.82) is 0 Å². The summed E-state index contributed by atoms with van der Waals surface area (Å²) in [6, 6.07) is 2.20. The Hall–Kier alpha value is -2.61. The lowest BCUT2D eigenvalue weighted by Crippen LogP contribution is -2.36. The predicted octanol–water partition coefficient (Wildman–Crippen LogP) is 2.11. The highest BCUT2D eigenvalue weighted by Gasteiger charge is 2.48. The molecule has 3 aliphatic rings. The Kier molecular flexibility index (Phi) is 3.56. The number of pyridine rings is 1. The molecule has 5 rings (SSSR count). The van der Waals surface area contributed by atoms with Crippen molar-refractivity contribution in [3.63, 3.8) is 0 Å². The van der Waals surface area contributed by atoms with Crippen LogP contribution in [0.1, 0.15) is 42.6 Å². The lowest BCUT2D eigenvalue weighted by Gasteiger charge is -2.31. The molecular formula is C20H22FN3O4. The molecule has 0 bridgehead atoms. The number of nitrogens with zero attached hydrogens (tertiary/aromatic N) is 2. The highest BCUT2D eigenvalue weighted by Crippen LogP contribution is 2.48. The van der Waals surface area contributed by atoms with Crippen LogP contribution in [-0.2, 0) is 0 Å². The molecule has 3 N–H and O–H groups in total. The molecule has 0 radical (unpaired) electrons. The van der Waals surface area contributed by atoms with Gasteiger partial charge in [-0.25, -0.2) is 9.18 Å². The van der Waals surface area contributed by atoms with Gasteiger partial charge in [-0.15, -0.1) is 0 Å². The molecule has 1 saturated heterocycles. The minimum Gasteiger partial charge on any atom is -0.487 e. The average molecular weight is 387 g/mol. The summed E-state index contributed by atoms with van der Waals surface area (Å²) in [7, 11) is 0. The van der Waals surface area contributed by atoms with Crippen molar-refractivity contribution in [1.82, 2.24) is 4.57 Å². The minimum absolute atomic E-state index is 0.132. The summed E-state index contributed by atoms with van der Waals surface area (Å²) >= 11 is 0. The molecule has 1 saturated carbocycles. The highest BCUT2D eigenvalue weighted by molar-refractivity contribution is 5.97. The number of hydrogen-bond donors (Lipinski definition) is 2. The number of rotatable bonds is 3. The van der Waals surface area contributed by atoms with Gasteiger partial charge in [0.1, 0.15) is 17.9 Å². The van der Waals surface area contributed by atoms with Crippen LogP contribution in [0.2, 0.25) is 0 Å². The fourth-order valence-corrected chi connectivity index (χ4v) is 4.70. The molecule has 2 aliphatic heterocycles. The summed E-state index contributed by atoms with van der Waals surface area (Å²) < 4.78 is 22.5. The molecule has 0 spiro atoms. The second-order valence-corrected chi connectivity index (χ2v) is 8.34. The van der Waals surface area contributed by atoms with Gasteiger partial charge in [-0.2, -0.15) is 0 Å². The first-order valence-corrected chi connectivity index (χ1v) is 9.62. The number of nitrogens with two attached hydrogens (primary N) is 1. The Balaban J connectivity index is 1.70. The number of hydrogen-bond acceptors (Lipinski definition) is 5. The van der Waals surface area contributed by atoms with E-state index in [0.29, 0.717) is 41.3 Å². The summed E-state index contributed by atoms with van der Waals surface area (Å²) in [6.45, 7) is 3.30. The van der Waals surface area contributed by atoms with E-state index in [-0.39, 0.29) is 23.8 Å². The largest absolute Gasteiger partial charge is 0.487 e. The Labute approximate surface area is 160 Å². The topological polar surface area (TPSA) is 97.8 Å². The second-order valence-electron chi connectivity index (χ2n) is 8.34. The number of carboxylic acids is 1.